The second kappa shape index (κ2) is 8.26. The van der Waals surface area contributed by atoms with Crippen LogP contribution in [-0.4, -0.2) is 33.0 Å². The van der Waals surface area contributed by atoms with E-state index in [2.05, 4.69) is 25.8 Å². The van der Waals surface area contributed by atoms with Gasteiger partial charge in [-0.25, -0.2) is 4.98 Å². The molecule has 0 bridgehead atoms. The van der Waals surface area contributed by atoms with Gasteiger partial charge in [-0.2, -0.15) is 5.10 Å². The third kappa shape index (κ3) is 4.77. The van der Waals surface area contributed by atoms with Crippen molar-refractivity contribution in [3.63, 3.8) is 0 Å². The second-order valence-electron chi connectivity index (χ2n) is 6.56. The molecule has 1 fully saturated rings. The van der Waals surface area contributed by atoms with Crippen molar-refractivity contribution in [3.8, 4) is 0 Å². The highest BCUT2D eigenvalue weighted by Gasteiger charge is 2.23. The molecule has 2 aromatic carbocycles. The number of amides is 2. The van der Waals surface area contributed by atoms with E-state index in [0.29, 0.717) is 22.9 Å². The van der Waals surface area contributed by atoms with E-state index in [9.17, 15) is 9.59 Å². The van der Waals surface area contributed by atoms with Crippen molar-refractivity contribution in [1.29, 1.82) is 0 Å². The molecule has 28 heavy (non-hydrogen) atoms. The Hall–Kier alpha value is -3.13. The quantitative estimate of drug-likeness (QED) is 0.535. The molecule has 1 aliphatic rings. The van der Waals surface area contributed by atoms with Gasteiger partial charge in [0.2, 0.25) is 0 Å². The first-order valence-electron chi connectivity index (χ1n) is 8.97. The van der Waals surface area contributed by atoms with Gasteiger partial charge in [-0.1, -0.05) is 30.0 Å². The van der Waals surface area contributed by atoms with E-state index in [4.69, 9.17) is 0 Å². The summed E-state index contributed by atoms with van der Waals surface area (Å²) < 4.78 is 0. The Morgan fingerprint density at radius 2 is 1.89 bits per heavy atom. The summed E-state index contributed by atoms with van der Waals surface area (Å²) in [4.78, 5) is 28.7. The monoisotopic (exact) mass is 393 g/mol. The number of H-pyrrole nitrogens is 1. The Morgan fingerprint density at radius 3 is 2.61 bits per heavy atom. The highest BCUT2D eigenvalue weighted by molar-refractivity contribution is 7.98. The molecule has 0 spiro atoms. The molecule has 0 aliphatic heterocycles. The van der Waals surface area contributed by atoms with Gasteiger partial charge >= 0.3 is 0 Å². The summed E-state index contributed by atoms with van der Waals surface area (Å²) in [6, 6.07) is 14.7. The van der Waals surface area contributed by atoms with Crippen LogP contribution in [0.5, 0.6) is 0 Å². The fourth-order valence-corrected chi connectivity index (χ4v) is 3.34. The number of nitrogens with one attached hydrogen (secondary N) is 3. The number of anilines is 1. The van der Waals surface area contributed by atoms with E-state index in [1.54, 1.807) is 48.2 Å². The Balaban J connectivity index is 1.35. The molecule has 4 rings (SSSR count). The zero-order valence-electron chi connectivity index (χ0n) is 15.0. The molecule has 0 radical (unpaired) electrons. The molecule has 3 N–H and O–H groups in total. The SMILES string of the molecule is O=C(Nc1cccc(C(=O)NC2CC2)c1)c1ccc(CSc2ncn[nH]2)cc1. The molecular formula is C20H19N5O2S. The maximum Gasteiger partial charge on any atom is 0.255 e. The number of carbonyl (C=O) groups is 2. The Morgan fingerprint density at radius 1 is 1.07 bits per heavy atom. The molecule has 7 nitrogen and oxygen atoms in total. The van der Waals surface area contributed by atoms with Crippen molar-refractivity contribution >= 4 is 29.3 Å². The molecule has 1 heterocycles. The number of thioether (sulfide) groups is 1. The molecule has 0 saturated heterocycles. The summed E-state index contributed by atoms with van der Waals surface area (Å²) in [7, 11) is 0. The third-order valence-electron chi connectivity index (χ3n) is 4.28. The van der Waals surface area contributed by atoms with E-state index in [1.165, 1.54) is 6.33 Å². The van der Waals surface area contributed by atoms with Crippen LogP contribution in [0.1, 0.15) is 39.1 Å². The lowest BCUT2D eigenvalue weighted by Gasteiger charge is -2.08. The number of rotatable bonds is 7. The van der Waals surface area contributed by atoms with E-state index in [1.807, 2.05) is 12.1 Å². The molecule has 2 amide bonds. The second-order valence-corrected chi connectivity index (χ2v) is 7.52. The van der Waals surface area contributed by atoms with Gasteiger partial charge in [0.15, 0.2) is 5.16 Å². The lowest BCUT2D eigenvalue weighted by atomic mass is 10.1. The van der Waals surface area contributed by atoms with Crippen molar-refractivity contribution in [2.75, 3.05) is 5.32 Å². The first kappa shape index (κ1) is 18.2. The predicted molar refractivity (Wildman–Crippen MR) is 107 cm³/mol. The molecule has 142 valence electrons. The normalized spacial score (nSPS) is 13.1. The smallest absolute Gasteiger partial charge is 0.255 e. The first-order chi connectivity index (χ1) is 13.7. The topological polar surface area (TPSA) is 99.8 Å². The van der Waals surface area contributed by atoms with Gasteiger partial charge < -0.3 is 10.6 Å². The zero-order valence-corrected chi connectivity index (χ0v) is 15.8. The van der Waals surface area contributed by atoms with Crippen LogP contribution in [0.25, 0.3) is 0 Å². The van der Waals surface area contributed by atoms with Crippen LogP contribution in [0.15, 0.2) is 60.0 Å². The Kier molecular flexibility index (Phi) is 5.38. The summed E-state index contributed by atoms with van der Waals surface area (Å²) in [6.07, 6.45) is 3.55. The standard InChI is InChI=1S/C20H19N5O2S/c26-18(14-6-4-13(5-7-14)11-28-20-21-12-22-25-20)24-17-3-1-2-15(10-17)19(27)23-16-8-9-16/h1-7,10,12,16H,8-9,11H2,(H,23,27)(H,24,26)(H,21,22,25). The Bertz CT molecular complexity index is 969. The van der Waals surface area contributed by atoms with E-state index >= 15 is 0 Å². The van der Waals surface area contributed by atoms with Crippen LogP contribution >= 0.6 is 11.8 Å². The number of aromatic nitrogens is 3. The molecule has 3 aromatic rings. The van der Waals surface area contributed by atoms with Crippen molar-refractivity contribution in [3.05, 3.63) is 71.5 Å². The summed E-state index contributed by atoms with van der Waals surface area (Å²) in [6.45, 7) is 0. The van der Waals surface area contributed by atoms with Gasteiger partial charge in [0.05, 0.1) is 0 Å². The predicted octanol–water partition coefficient (Wildman–Crippen LogP) is 3.24. The largest absolute Gasteiger partial charge is 0.349 e. The van der Waals surface area contributed by atoms with Crippen LogP contribution in [0.2, 0.25) is 0 Å². The van der Waals surface area contributed by atoms with E-state index in [0.717, 1.165) is 29.3 Å². The summed E-state index contributed by atoms with van der Waals surface area (Å²) in [5.74, 6) is 0.413. The van der Waals surface area contributed by atoms with Gasteiger partial charge in [-0.3, -0.25) is 14.7 Å². The van der Waals surface area contributed by atoms with Crippen molar-refractivity contribution < 1.29 is 9.59 Å². The van der Waals surface area contributed by atoms with Crippen molar-refractivity contribution in [2.24, 2.45) is 0 Å². The number of nitrogens with zero attached hydrogens (tertiary/aromatic N) is 2. The summed E-state index contributed by atoms with van der Waals surface area (Å²) >= 11 is 1.54. The van der Waals surface area contributed by atoms with Gasteiger partial charge in [-0.05, 0) is 48.7 Å². The number of benzene rings is 2. The molecule has 1 aliphatic carbocycles. The lowest BCUT2D eigenvalue weighted by molar-refractivity contribution is 0.0949. The van der Waals surface area contributed by atoms with Gasteiger partial charge in [0, 0.05) is 28.6 Å². The number of hydrogen-bond donors (Lipinski definition) is 3. The van der Waals surface area contributed by atoms with Crippen LogP contribution in [0.4, 0.5) is 5.69 Å². The number of carbonyl (C=O) groups excluding carboxylic acids is 2. The van der Waals surface area contributed by atoms with Crippen LogP contribution < -0.4 is 10.6 Å². The molecular weight excluding hydrogens is 374 g/mol. The highest BCUT2D eigenvalue weighted by atomic mass is 32.2. The van der Waals surface area contributed by atoms with E-state index in [-0.39, 0.29) is 11.8 Å². The van der Waals surface area contributed by atoms with Gasteiger partial charge in [0.1, 0.15) is 6.33 Å². The van der Waals surface area contributed by atoms with Gasteiger partial charge in [-0.15, -0.1) is 0 Å². The third-order valence-corrected chi connectivity index (χ3v) is 5.23. The highest BCUT2D eigenvalue weighted by Crippen LogP contribution is 2.21. The first-order valence-corrected chi connectivity index (χ1v) is 9.95. The summed E-state index contributed by atoms with van der Waals surface area (Å²) in [5, 5.41) is 13.2. The fraction of sp³-hybridized carbons (Fsp3) is 0.200. The number of aromatic amines is 1. The van der Waals surface area contributed by atoms with E-state index < -0.39 is 0 Å². The minimum absolute atomic E-state index is 0.104. The zero-order chi connectivity index (χ0) is 19.3. The van der Waals surface area contributed by atoms with Crippen LogP contribution in [0.3, 0.4) is 0 Å². The van der Waals surface area contributed by atoms with Crippen molar-refractivity contribution in [1.82, 2.24) is 20.5 Å². The van der Waals surface area contributed by atoms with Crippen molar-refractivity contribution in [2.45, 2.75) is 29.8 Å². The molecule has 0 atom stereocenters. The maximum atomic E-state index is 12.5. The molecule has 1 aromatic heterocycles. The average Bonchev–Trinajstić information content (AvgIpc) is 3.37. The molecule has 0 unspecified atom stereocenters. The average molecular weight is 393 g/mol. The Labute approximate surface area is 166 Å². The van der Waals surface area contributed by atoms with Gasteiger partial charge in [0.25, 0.3) is 11.8 Å². The lowest BCUT2D eigenvalue weighted by Crippen LogP contribution is -2.25. The van der Waals surface area contributed by atoms with Crippen LogP contribution in [-0.2, 0) is 5.75 Å². The fourth-order valence-electron chi connectivity index (χ4n) is 2.61. The minimum Gasteiger partial charge on any atom is -0.349 e. The minimum atomic E-state index is -0.214. The number of hydrogen-bond acceptors (Lipinski definition) is 5. The summed E-state index contributed by atoms with van der Waals surface area (Å²) in [5.41, 5.74) is 2.78. The van der Waals surface area contributed by atoms with Crippen LogP contribution in [0, 0.1) is 0 Å². The molecule has 1 saturated carbocycles. The molecule has 8 heteroatoms. The maximum absolute atomic E-state index is 12.5.